The Morgan fingerprint density at radius 2 is 2.35 bits per heavy atom. The summed E-state index contributed by atoms with van der Waals surface area (Å²) in [5.41, 5.74) is 0.651. The van der Waals surface area contributed by atoms with Crippen LogP contribution in [0.25, 0.3) is 0 Å². The van der Waals surface area contributed by atoms with E-state index >= 15 is 0 Å². The third-order valence-corrected chi connectivity index (χ3v) is 2.81. The monoisotopic (exact) mass is 284 g/mol. The van der Waals surface area contributed by atoms with Gasteiger partial charge in [0.15, 0.2) is 0 Å². The van der Waals surface area contributed by atoms with E-state index < -0.39 is 18.0 Å². The lowest BCUT2D eigenvalue weighted by molar-refractivity contribution is -0.139. The van der Waals surface area contributed by atoms with Gasteiger partial charge in [0.2, 0.25) is 0 Å². The summed E-state index contributed by atoms with van der Waals surface area (Å²) in [6, 6.07) is -1.42. The van der Waals surface area contributed by atoms with E-state index in [4.69, 9.17) is 9.84 Å². The molecule has 1 heterocycles. The molecule has 1 rings (SSSR count). The number of carbonyl (C=O) groups excluding carboxylic acids is 1. The van der Waals surface area contributed by atoms with Gasteiger partial charge in [-0.15, -0.1) is 0 Å². The standard InChI is InChI=1S/C12H20N4O4/c1-3-16(4-5-20-2)12(19)15-10(11(17)18)6-9-7-13-8-14-9/h7-8,10H,3-6H2,1-2H3,(H,13,14)(H,15,19)(H,17,18)/t10-/m1/s1. The fourth-order valence-corrected chi connectivity index (χ4v) is 1.66. The summed E-state index contributed by atoms with van der Waals surface area (Å²) in [6.07, 6.45) is 3.15. The molecule has 8 heteroatoms. The molecule has 2 amide bonds. The fraction of sp³-hybridized carbons (Fsp3) is 0.583. The van der Waals surface area contributed by atoms with E-state index in [0.717, 1.165) is 0 Å². The number of aromatic amines is 1. The molecule has 0 fully saturated rings. The Morgan fingerprint density at radius 1 is 1.60 bits per heavy atom. The highest BCUT2D eigenvalue weighted by atomic mass is 16.5. The quantitative estimate of drug-likeness (QED) is 0.626. The van der Waals surface area contributed by atoms with E-state index in [9.17, 15) is 9.59 Å². The van der Waals surface area contributed by atoms with Gasteiger partial charge in [0.1, 0.15) is 6.04 Å². The number of likely N-dealkylation sites (N-methyl/N-ethyl adjacent to an activating group) is 1. The van der Waals surface area contributed by atoms with E-state index in [1.807, 2.05) is 6.92 Å². The molecule has 112 valence electrons. The Bertz CT molecular complexity index is 421. The number of nitrogens with one attached hydrogen (secondary N) is 2. The van der Waals surface area contributed by atoms with E-state index in [2.05, 4.69) is 15.3 Å². The summed E-state index contributed by atoms with van der Waals surface area (Å²) >= 11 is 0. The Balaban J connectivity index is 2.60. The van der Waals surface area contributed by atoms with E-state index in [0.29, 0.717) is 25.4 Å². The van der Waals surface area contributed by atoms with E-state index in [1.54, 1.807) is 7.11 Å². The first-order valence-electron chi connectivity index (χ1n) is 6.32. The lowest BCUT2D eigenvalue weighted by Crippen LogP contribution is -2.49. The molecule has 0 aliphatic carbocycles. The Kier molecular flexibility index (Phi) is 6.51. The summed E-state index contributed by atoms with van der Waals surface area (Å²) < 4.78 is 4.91. The number of hydrogen-bond acceptors (Lipinski definition) is 4. The molecule has 0 spiro atoms. The van der Waals surface area contributed by atoms with Gasteiger partial charge in [-0.1, -0.05) is 0 Å². The van der Waals surface area contributed by atoms with Crippen LogP contribution in [0.15, 0.2) is 12.5 Å². The van der Waals surface area contributed by atoms with Crippen molar-refractivity contribution in [3.8, 4) is 0 Å². The number of aliphatic carboxylic acids is 1. The van der Waals surface area contributed by atoms with Crippen LogP contribution in [-0.2, 0) is 16.0 Å². The predicted octanol–water partition coefficient (Wildman–Crippen LogP) is 0.0833. The summed E-state index contributed by atoms with van der Waals surface area (Å²) in [5.74, 6) is -1.09. The van der Waals surface area contributed by atoms with E-state index in [-0.39, 0.29) is 6.42 Å². The number of H-pyrrole nitrogens is 1. The van der Waals surface area contributed by atoms with Gasteiger partial charge in [0.25, 0.3) is 0 Å². The number of carboxylic acid groups (broad SMARTS) is 1. The van der Waals surface area contributed by atoms with Crippen LogP contribution < -0.4 is 5.32 Å². The zero-order valence-corrected chi connectivity index (χ0v) is 11.6. The van der Waals surface area contributed by atoms with Gasteiger partial charge in [-0.3, -0.25) is 0 Å². The normalized spacial score (nSPS) is 11.9. The second-order valence-electron chi connectivity index (χ2n) is 4.19. The molecule has 0 aliphatic rings. The highest BCUT2D eigenvalue weighted by Gasteiger charge is 2.23. The highest BCUT2D eigenvalue weighted by molar-refractivity contribution is 5.82. The number of amides is 2. The number of imidazole rings is 1. The third kappa shape index (κ3) is 4.88. The molecule has 3 N–H and O–H groups in total. The van der Waals surface area contributed by atoms with Gasteiger partial charge in [0, 0.05) is 38.5 Å². The van der Waals surface area contributed by atoms with Crippen LogP contribution in [0, 0.1) is 0 Å². The average Bonchev–Trinajstić information content (AvgIpc) is 2.91. The van der Waals surface area contributed by atoms with Crippen molar-refractivity contribution in [3.05, 3.63) is 18.2 Å². The van der Waals surface area contributed by atoms with Crippen molar-refractivity contribution in [2.75, 3.05) is 26.8 Å². The molecule has 20 heavy (non-hydrogen) atoms. The second kappa shape index (κ2) is 8.16. The predicted molar refractivity (Wildman–Crippen MR) is 71.4 cm³/mol. The summed E-state index contributed by atoms with van der Waals surface area (Å²) in [7, 11) is 1.55. The van der Waals surface area contributed by atoms with Gasteiger partial charge in [-0.2, -0.15) is 0 Å². The van der Waals surface area contributed by atoms with Crippen LogP contribution >= 0.6 is 0 Å². The summed E-state index contributed by atoms with van der Waals surface area (Å²) in [5, 5.41) is 11.7. The zero-order valence-electron chi connectivity index (χ0n) is 11.6. The first kappa shape index (κ1) is 16.0. The molecule has 0 saturated heterocycles. The van der Waals surface area contributed by atoms with Crippen molar-refractivity contribution in [2.24, 2.45) is 0 Å². The first-order valence-corrected chi connectivity index (χ1v) is 6.32. The van der Waals surface area contributed by atoms with Crippen LogP contribution in [0.4, 0.5) is 4.79 Å². The molecule has 0 aromatic carbocycles. The first-order chi connectivity index (χ1) is 9.58. The minimum atomic E-state index is -1.09. The average molecular weight is 284 g/mol. The Morgan fingerprint density at radius 3 is 2.85 bits per heavy atom. The van der Waals surface area contributed by atoms with Gasteiger partial charge < -0.3 is 25.0 Å². The highest BCUT2D eigenvalue weighted by Crippen LogP contribution is 2.00. The molecule has 1 aromatic heterocycles. The van der Waals surface area contributed by atoms with Crippen molar-refractivity contribution < 1.29 is 19.4 Å². The van der Waals surface area contributed by atoms with Crippen molar-refractivity contribution in [1.29, 1.82) is 0 Å². The molecule has 0 bridgehead atoms. The van der Waals surface area contributed by atoms with Crippen molar-refractivity contribution in [3.63, 3.8) is 0 Å². The van der Waals surface area contributed by atoms with Crippen LogP contribution in [-0.4, -0.2) is 64.8 Å². The topological polar surface area (TPSA) is 108 Å². The van der Waals surface area contributed by atoms with Crippen LogP contribution in [0.5, 0.6) is 0 Å². The van der Waals surface area contributed by atoms with Crippen LogP contribution in [0.3, 0.4) is 0 Å². The SMILES string of the molecule is CCN(CCOC)C(=O)N[C@H](Cc1cnc[nH]1)C(=O)O. The molecular formula is C12H20N4O4. The van der Waals surface area contributed by atoms with Gasteiger partial charge >= 0.3 is 12.0 Å². The number of carboxylic acids is 1. The minimum Gasteiger partial charge on any atom is -0.480 e. The zero-order chi connectivity index (χ0) is 15.0. The van der Waals surface area contributed by atoms with Crippen LogP contribution in [0.2, 0.25) is 0 Å². The minimum absolute atomic E-state index is 0.156. The summed E-state index contributed by atoms with van der Waals surface area (Å²) in [4.78, 5) is 31.3. The number of nitrogens with zero attached hydrogens (tertiary/aromatic N) is 2. The lowest BCUT2D eigenvalue weighted by Gasteiger charge is -2.23. The van der Waals surface area contributed by atoms with E-state index in [1.165, 1.54) is 17.4 Å². The molecular weight excluding hydrogens is 264 g/mol. The molecule has 0 saturated carbocycles. The number of rotatable bonds is 8. The number of aromatic nitrogens is 2. The molecule has 0 aliphatic heterocycles. The maximum absolute atomic E-state index is 12.0. The van der Waals surface area contributed by atoms with Gasteiger partial charge in [-0.05, 0) is 6.92 Å². The lowest BCUT2D eigenvalue weighted by atomic mass is 10.1. The second-order valence-corrected chi connectivity index (χ2v) is 4.19. The number of ether oxygens (including phenoxy) is 1. The Hall–Kier alpha value is -2.09. The number of hydrogen-bond donors (Lipinski definition) is 3. The molecule has 0 unspecified atom stereocenters. The number of methoxy groups -OCH3 is 1. The van der Waals surface area contributed by atoms with Gasteiger partial charge in [0.05, 0.1) is 12.9 Å². The van der Waals surface area contributed by atoms with Crippen molar-refractivity contribution in [1.82, 2.24) is 20.2 Å². The largest absolute Gasteiger partial charge is 0.480 e. The molecule has 1 atom stereocenters. The summed E-state index contributed by atoms with van der Waals surface area (Å²) in [6.45, 7) is 3.11. The number of urea groups is 1. The maximum Gasteiger partial charge on any atom is 0.326 e. The molecule has 8 nitrogen and oxygen atoms in total. The fourth-order valence-electron chi connectivity index (χ4n) is 1.66. The molecule has 1 aromatic rings. The van der Waals surface area contributed by atoms with Crippen LogP contribution in [0.1, 0.15) is 12.6 Å². The molecule has 0 radical (unpaired) electrons. The maximum atomic E-state index is 12.0. The van der Waals surface area contributed by atoms with Crippen molar-refractivity contribution >= 4 is 12.0 Å². The Labute approximate surface area is 117 Å². The number of carbonyl (C=O) groups is 2. The van der Waals surface area contributed by atoms with Crippen molar-refractivity contribution in [2.45, 2.75) is 19.4 Å². The third-order valence-electron chi connectivity index (χ3n) is 2.81. The van der Waals surface area contributed by atoms with Gasteiger partial charge in [-0.25, -0.2) is 14.6 Å². The smallest absolute Gasteiger partial charge is 0.326 e.